The van der Waals surface area contributed by atoms with Gasteiger partial charge in [0.05, 0.1) is 17.8 Å². The summed E-state index contributed by atoms with van der Waals surface area (Å²) in [6, 6.07) is 0. The van der Waals surface area contributed by atoms with E-state index in [9.17, 15) is 9.90 Å². The lowest BCUT2D eigenvalue weighted by Crippen LogP contribution is -2.69. The smallest absolute Gasteiger partial charge is 0.165 e. The van der Waals surface area contributed by atoms with Crippen LogP contribution in [0.3, 0.4) is 0 Å². The highest BCUT2D eigenvalue weighted by atomic mass is 16.7. The number of ketones is 1. The lowest BCUT2D eigenvalue weighted by Gasteiger charge is -2.63. The molecule has 4 aliphatic rings. The average Bonchev–Trinajstić information content (AvgIpc) is 3.17. The van der Waals surface area contributed by atoms with Crippen LogP contribution in [0.1, 0.15) is 73.1 Å². The largest absolute Gasteiger partial charge is 0.385 e. The molecule has 2 aliphatic heterocycles. The van der Waals surface area contributed by atoms with E-state index in [1.807, 2.05) is 13.8 Å². The Bertz CT molecular complexity index is 618. The van der Waals surface area contributed by atoms with Crippen LogP contribution in [0.2, 0.25) is 0 Å². The summed E-state index contributed by atoms with van der Waals surface area (Å²) in [5.74, 6) is -0.337. The molecule has 0 amide bonds. The van der Waals surface area contributed by atoms with Crippen LogP contribution in [0.5, 0.6) is 0 Å². The van der Waals surface area contributed by atoms with Crippen molar-refractivity contribution < 1.29 is 24.1 Å². The molecular weight excluding hydrogens is 344 g/mol. The van der Waals surface area contributed by atoms with Crippen molar-refractivity contribution >= 4 is 5.78 Å². The fraction of sp³-hybridized carbons (Fsp3) is 0.955. The number of hydrogen-bond donors (Lipinski definition) is 1. The first-order valence-corrected chi connectivity index (χ1v) is 10.8. The van der Waals surface area contributed by atoms with E-state index in [4.69, 9.17) is 14.2 Å². The van der Waals surface area contributed by atoms with Crippen molar-refractivity contribution in [1.29, 1.82) is 0 Å². The number of hydrogen-bond acceptors (Lipinski definition) is 5. The molecule has 2 heterocycles. The van der Waals surface area contributed by atoms with Crippen LogP contribution in [-0.4, -0.2) is 47.7 Å². The minimum absolute atomic E-state index is 0.0275. The van der Waals surface area contributed by atoms with Gasteiger partial charge < -0.3 is 19.3 Å². The van der Waals surface area contributed by atoms with Gasteiger partial charge in [0.25, 0.3) is 0 Å². The van der Waals surface area contributed by atoms with Crippen molar-refractivity contribution in [3.8, 4) is 0 Å². The molecule has 0 aromatic heterocycles. The predicted octanol–water partition coefficient (Wildman–Crippen LogP) is 3.47. The highest BCUT2D eigenvalue weighted by molar-refractivity contribution is 5.88. The number of carbonyl (C=O) groups is 1. The van der Waals surface area contributed by atoms with Gasteiger partial charge >= 0.3 is 0 Å². The molecule has 4 fully saturated rings. The minimum Gasteiger partial charge on any atom is -0.385 e. The molecule has 0 aromatic rings. The normalized spacial score (nSPS) is 51.9. The Morgan fingerprint density at radius 2 is 1.93 bits per heavy atom. The number of Topliss-reactive ketones (excluding diaryl/α,β-unsaturated/α-hetero) is 1. The molecule has 5 heteroatoms. The summed E-state index contributed by atoms with van der Waals surface area (Å²) < 4.78 is 18.6. The summed E-state index contributed by atoms with van der Waals surface area (Å²) in [7, 11) is 0. The summed E-state index contributed by atoms with van der Waals surface area (Å²) in [5.41, 5.74) is -1.19. The van der Waals surface area contributed by atoms with E-state index in [2.05, 4.69) is 20.8 Å². The molecule has 0 aromatic carbocycles. The Kier molecular flexibility index (Phi) is 4.59. The third kappa shape index (κ3) is 2.61. The van der Waals surface area contributed by atoms with Crippen molar-refractivity contribution in [2.45, 2.75) is 96.7 Å². The molecule has 7 atom stereocenters. The number of carbonyl (C=O) groups excluding carboxylic acids is 1. The number of fused-ring (bicyclic) bond motifs is 2. The second-order valence-electron chi connectivity index (χ2n) is 10.4. The van der Waals surface area contributed by atoms with E-state index >= 15 is 0 Å². The predicted molar refractivity (Wildman–Crippen MR) is 101 cm³/mol. The van der Waals surface area contributed by atoms with E-state index in [0.29, 0.717) is 13.2 Å². The van der Waals surface area contributed by atoms with E-state index in [1.165, 1.54) is 0 Å². The fourth-order valence-corrected chi connectivity index (χ4v) is 7.24. The Morgan fingerprint density at radius 3 is 2.63 bits per heavy atom. The molecule has 154 valence electrons. The van der Waals surface area contributed by atoms with E-state index in [1.54, 1.807) is 0 Å². The molecule has 2 saturated heterocycles. The van der Waals surface area contributed by atoms with Crippen molar-refractivity contribution in [3.05, 3.63) is 0 Å². The van der Waals surface area contributed by atoms with Gasteiger partial charge in [-0.15, -0.1) is 0 Å². The maximum atomic E-state index is 13.2. The molecule has 4 rings (SSSR count). The van der Waals surface area contributed by atoms with Gasteiger partial charge in [-0.1, -0.05) is 34.1 Å². The summed E-state index contributed by atoms with van der Waals surface area (Å²) in [4.78, 5) is 13.2. The lowest BCUT2D eigenvalue weighted by atomic mass is 9.43. The zero-order valence-corrected chi connectivity index (χ0v) is 17.5. The Hall–Kier alpha value is -0.490. The van der Waals surface area contributed by atoms with Gasteiger partial charge in [-0.05, 0) is 38.0 Å². The van der Waals surface area contributed by atoms with Crippen LogP contribution in [0.25, 0.3) is 0 Å². The summed E-state index contributed by atoms with van der Waals surface area (Å²) in [6.45, 7) is 11.8. The highest BCUT2D eigenvalue weighted by Crippen LogP contribution is 2.67. The first kappa shape index (κ1) is 19.8. The van der Waals surface area contributed by atoms with Crippen LogP contribution in [0, 0.1) is 22.7 Å². The van der Waals surface area contributed by atoms with E-state index < -0.39 is 11.7 Å². The average molecular weight is 381 g/mol. The maximum absolute atomic E-state index is 13.2. The van der Waals surface area contributed by atoms with Crippen molar-refractivity contribution in [3.63, 3.8) is 0 Å². The molecule has 2 saturated carbocycles. The maximum Gasteiger partial charge on any atom is 0.165 e. The zero-order chi connectivity index (χ0) is 19.7. The van der Waals surface area contributed by atoms with Gasteiger partial charge in [0.15, 0.2) is 12.1 Å². The standard InChI is InChI=1S/C22H36O5/c1-6-25-15-12-21(13-26-15)10-11-22(27-21)14(2)16(23)17(24)18-19(3,4)8-7-9-20(18,22)5/h14-16,18,23H,6-13H2,1-5H3. The van der Waals surface area contributed by atoms with Gasteiger partial charge in [-0.3, -0.25) is 4.79 Å². The van der Waals surface area contributed by atoms with Crippen LogP contribution < -0.4 is 0 Å². The molecule has 0 radical (unpaired) electrons. The Labute approximate surface area is 163 Å². The van der Waals surface area contributed by atoms with Gasteiger partial charge in [-0.2, -0.15) is 0 Å². The topological polar surface area (TPSA) is 65.0 Å². The van der Waals surface area contributed by atoms with Crippen molar-refractivity contribution in [2.75, 3.05) is 13.2 Å². The van der Waals surface area contributed by atoms with Crippen LogP contribution in [0.4, 0.5) is 0 Å². The number of rotatable bonds is 2. The van der Waals surface area contributed by atoms with Crippen molar-refractivity contribution in [2.24, 2.45) is 22.7 Å². The SMILES string of the molecule is CCOC1CC2(CCC3(O2)C(C)C(O)C(=O)C2C(C)(C)CCCC23C)CO1. The molecule has 1 N–H and O–H groups in total. The molecular formula is C22H36O5. The van der Waals surface area contributed by atoms with Crippen LogP contribution in [0.15, 0.2) is 0 Å². The fourth-order valence-electron chi connectivity index (χ4n) is 7.24. The van der Waals surface area contributed by atoms with E-state index in [0.717, 1.165) is 38.5 Å². The molecule has 0 bridgehead atoms. The van der Waals surface area contributed by atoms with Gasteiger partial charge in [0.2, 0.25) is 0 Å². The summed E-state index contributed by atoms with van der Waals surface area (Å²) in [5, 5.41) is 10.9. The second-order valence-corrected chi connectivity index (χ2v) is 10.4. The first-order valence-electron chi connectivity index (χ1n) is 10.8. The first-order chi connectivity index (χ1) is 12.6. The quantitative estimate of drug-likeness (QED) is 0.795. The molecule has 2 spiro atoms. The van der Waals surface area contributed by atoms with Crippen LogP contribution >= 0.6 is 0 Å². The molecule has 5 nitrogen and oxygen atoms in total. The third-order valence-electron chi connectivity index (χ3n) is 8.46. The molecule has 2 aliphatic carbocycles. The van der Waals surface area contributed by atoms with Crippen LogP contribution in [-0.2, 0) is 19.0 Å². The van der Waals surface area contributed by atoms with Gasteiger partial charge in [0.1, 0.15) is 6.10 Å². The minimum atomic E-state index is -0.944. The summed E-state index contributed by atoms with van der Waals surface area (Å²) in [6.07, 6.45) is 4.49. The number of aliphatic hydroxyl groups is 1. The zero-order valence-electron chi connectivity index (χ0n) is 17.5. The molecule has 7 unspecified atom stereocenters. The Morgan fingerprint density at radius 1 is 1.19 bits per heavy atom. The number of aliphatic hydroxyl groups excluding tert-OH is 1. The van der Waals surface area contributed by atoms with E-state index in [-0.39, 0.29) is 40.3 Å². The Balaban J connectivity index is 1.72. The monoisotopic (exact) mass is 380 g/mol. The molecule has 27 heavy (non-hydrogen) atoms. The lowest BCUT2D eigenvalue weighted by molar-refractivity contribution is -0.255. The summed E-state index contributed by atoms with van der Waals surface area (Å²) >= 11 is 0. The second kappa shape index (κ2) is 6.25. The van der Waals surface area contributed by atoms with Crippen molar-refractivity contribution in [1.82, 2.24) is 0 Å². The third-order valence-corrected chi connectivity index (χ3v) is 8.46. The number of ether oxygens (including phenoxy) is 3. The van der Waals surface area contributed by atoms with Gasteiger partial charge in [0, 0.05) is 30.3 Å². The van der Waals surface area contributed by atoms with Gasteiger partial charge in [-0.25, -0.2) is 0 Å². The highest BCUT2D eigenvalue weighted by Gasteiger charge is 2.72.